The zero-order valence-electron chi connectivity index (χ0n) is 38.5. The van der Waals surface area contributed by atoms with Gasteiger partial charge in [-0.15, -0.1) is 0 Å². The minimum absolute atomic E-state index is 0.0137. The molecule has 5 aromatic rings. The van der Waals surface area contributed by atoms with Crippen molar-refractivity contribution >= 4 is 39.9 Å². The number of carbonyl (C=O) groups is 3. The number of nitrogens with zero attached hydrogens (tertiary/aromatic N) is 4. The van der Waals surface area contributed by atoms with E-state index in [4.69, 9.17) is 28.9 Å². The molecule has 2 aromatic heterocycles. The molecule has 3 amide bonds. The number of fused-ring (bicyclic) bond motifs is 7. The highest BCUT2D eigenvalue weighted by atomic mass is 16.5. The molecule has 1 unspecified atom stereocenters. The molecule has 3 aromatic carbocycles. The molecule has 0 bridgehead atoms. The van der Waals surface area contributed by atoms with Gasteiger partial charge in [0.25, 0.3) is 0 Å². The minimum atomic E-state index is -0.922. The first-order chi connectivity index (χ1) is 32.0. The number of alkyl carbamates (subject to hydrolysis) is 2. The summed E-state index contributed by atoms with van der Waals surface area (Å²) in [6, 6.07) is 13.5. The fourth-order valence-electron chi connectivity index (χ4n) is 11.8. The molecule has 16 heteroatoms. The SMILES string of the molecule is CC[C@H](C)[C@H](NC(=O)OC)C(=O)N1[C@@H](C)CC[C@H]1c1ncc(-c2ccc3c(c2)COc2cc4c(ccc5[nH]c([C@@H]6C[C@@H]7CCC[C@@H]7N6C(O)[C@@H](NC(=O)OC)C6CCOCC6)nc54)cc2-3)[nH]1. The number of imidazole rings is 2. The number of aliphatic hydroxyl groups is 1. The van der Waals surface area contributed by atoms with Gasteiger partial charge >= 0.3 is 12.2 Å². The third kappa shape index (κ3) is 7.93. The van der Waals surface area contributed by atoms with Crippen LogP contribution in [0.3, 0.4) is 0 Å². The monoisotopic (exact) mass is 902 g/mol. The lowest BCUT2D eigenvalue weighted by Crippen LogP contribution is -2.57. The smallest absolute Gasteiger partial charge is 0.407 e. The molecular formula is C50H62N8O8. The van der Waals surface area contributed by atoms with Gasteiger partial charge in [0.1, 0.15) is 36.3 Å². The number of likely N-dealkylation sites (tertiary alicyclic amines) is 2. The number of carbonyl (C=O) groups excluding carboxylic acids is 3. The topological polar surface area (TPSA) is 196 Å². The maximum absolute atomic E-state index is 14.1. The van der Waals surface area contributed by atoms with Crippen LogP contribution in [0.15, 0.2) is 48.7 Å². The predicted molar refractivity (Wildman–Crippen MR) is 247 cm³/mol. The van der Waals surface area contributed by atoms with Crippen LogP contribution in [0.2, 0.25) is 0 Å². The largest absolute Gasteiger partial charge is 0.488 e. The van der Waals surface area contributed by atoms with Gasteiger partial charge < -0.3 is 49.6 Å². The summed E-state index contributed by atoms with van der Waals surface area (Å²) < 4.78 is 22.1. The Kier molecular flexibility index (Phi) is 12.2. The van der Waals surface area contributed by atoms with Gasteiger partial charge in [0, 0.05) is 36.2 Å². The van der Waals surface area contributed by atoms with E-state index in [2.05, 4.69) is 68.0 Å². The number of aliphatic hydroxyl groups excluding tert-OH is 1. The number of aromatic amines is 2. The van der Waals surface area contributed by atoms with Crippen LogP contribution in [-0.4, -0.2) is 111 Å². The Morgan fingerprint density at radius 1 is 0.924 bits per heavy atom. The normalized spacial score (nSPS) is 24.8. The van der Waals surface area contributed by atoms with Crippen molar-refractivity contribution in [2.45, 2.75) is 128 Å². The fourth-order valence-corrected chi connectivity index (χ4v) is 11.8. The zero-order valence-corrected chi connectivity index (χ0v) is 38.5. The molecule has 10 rings (SSSR count). The van der Waals surface area contributed by atoms with Crippen LogP contribution in [0.25, 0.3) is 44.2 Å². The Morgan fingerprint density at radius 2 is 1.73 bits per heavy atom. The van der Waals surface area contributed by atoms with E-state index >= 15 is 0 Å². The lowest BCUT2D eigenvalue weighted by atomic mass is 9.89. The summed E-state index contributed by atoms with van der Waals surface area (Å²) in [5, 5.41) is 20.1. The highest BCUT2D eigenvalue weighted by molar-refractivity contribution is 6.07. The van der Waals surface area contributed by atoms with E-state index in [1.165, 1.54) is 14.2 Å². The van der Waals surface area contributed by atoms with E-state index in [1.54, 1.807) is 0 Å². The van der Waals surface area contributed by atoms with Crippen LogP contribution in [-0.2, 0) is 25.6 Å². The van der Waals surface area contributed by atoms with Gasteiger partial charge in [0.05, 0.1) is 55.3 Å². The summed E-state index contributed by atoms with van der Waals surface area (Å²) in [7, 11) is 2.67. The first-order valence-electron chi connectivity index (χ1n) is 23.9. The first kappa shape index (κ1) is 44.1. The maximum Gasteiger partial charge on any atom is 0.407 e. The highest BCUT2D eigenvalue weighted by Gasteiger charge is 2.51. The van der Waals surface area contributed by atoms with Gasteiger partial charge in [-0.1, -0.05) is 44.9 Å². The number of hydrogen-bond acceptors (Lipinski definition) is 11. The predicted octanol–water partition coefficient (Wildman–Crippen LogP) is 7.87. The van der Waals surface area contributed by atoms with Crippen LogP contribution in [0.5, 0.6) is 5.75 Å². The minimum Gasteiger partial charge on any atom is -0.488 e. The number of rotatable bonds is 11. The second-order valence-corrected chi connectivity index (χ2v) is 19.2. The lowest BCUT2D eigenvalue weighted by molar-refractivity contribution is -0.137. The Balaban J connectivity index is 0.910. The van der Waals surface area contributed by atoms with Crippen molar-refractivity contribution in [2.24, 2.45) is 17.8 Å². The second-order valence-electron chi connectivity index (χ2n) is 19.2. The van der Waals surface area contributed by atoms with Crippen molar-refractivity contribution in [3.05, 3.63) is 65.9 Å². The summed E-state index contributed by atoms with van der Waals surface area (Å²) in [5.41, 5.74) is 6.76. The molecule has 1 aliphatic carbocycles. The summed E-state index contributed by atoms with van der Waals surface area (Å²) >= 11 is 0. The van der Waals surface area contributed by atoms with Crippen molar-refractivity contribution in [1.82, 2.24) is 40.4 Å². The van der Waals surface area contributed by atoms with Crippen molar-refractivity contribution < 1.29 is 38.4 Å². The summed E-state index contributed by atoms with van der Waals surface area (Å²) in [4.78, 5) is 60.4. The van der Waals surface area contributed by atoms with E-state index in [0.717, 1.165) is 125 Å². The molecule has 3 saturated heterocycles. The molecular weight excluding hydrogens is 841 g/mol. The number of ether oxygens (including phenoxy) is 4. The number of nitrogens with one attached hydrogen (secondary N) is 4. The van der Waals surface area contributed by atoms with Crippen molar-refractivity contribution in [3.63, 3.8) is 0 Å². The Morgan fingerprint density at radius 3 is 2.52 bits per heavy atom. The van der Waals surface area contributed by atoms with Crippen LogP contribution in [0.1, 0.15) is 108 Å². The van der Waals surface area contributed by atoms with E-state index < -0.39 is 30.5 Å². The number of hydrogen-bond donors (Lipinski definition) is 5. The summed E-state index contributed by atoms with van der Waals surface area (Å²) in [6.07, 6.45) is 7.65. The molecule has 66 heavy (non-hydrogen) atoms. The molecule has 350 valence electrons. The number of amides is 3. The Hall–Kier alpha value is -5.71. The molecule has 5 N–H and O–H groups in total. The summed E-state index contributed by atoms with van der Waals surface area (Å²) in [5.74, 6) is 2.61. The second kappa shape index (κ2) is 18.2. The molecule has 0 radical (unpaired) electrons. The first-order valence-corrected chi connectivity index (χ1v) is 23.9. The number of H-pyrrole nitrogens is 2. The van der Waals surface area contributed by atoms with Gasteiger partial charge in [-0.2, -0.15) is 0 Å². The van der Waals surface area contributed by atoms with Crippen LogP contribution in [0, 0.1) is 17.8 Å². The van der Waals surface area contributed by atoms with Crippen LogP contribution >= 0.6 is 0 Å². The molecule has 6 heterocycles. The average Bonchev–Trinajstić information content (AvgIpc) is 4.20. The van der Waals surface area contributed by atoms with Crippen LogP contribution < -0.4 is 15.4 Å². The van der Waals surface area contributed by atoms with Gasteiger partial charge in [-0.25, -0.2) is 19.6 Å². The third-order valence-corrected chi connectivity index (χ3v) is 15.5. The van der Waals surface area contributed by atoms with E-state index in [1.807, 2.05) is 31.9 Å². The van der Waals surface area contributed by atoms with Gasteiger partial charge in [0.15, 0.2) is 0 Å². The van der Waals surface area contributed by atoms with Crippen molar-refractivity contribution in [1.29, 1.82) is 0 Å². The quantitative estimate of drug-likeness (QED) is 0.0865. The zero-order chi connectivity index (χ0) is 45.8. The van der Waals surface area contributed by atoms with Crippen molar-refractivity contribution in [2.75, 3.05) is 27.4 Å². The number of aromatic nitrogens is 4. The third-order valence-electron chi connectivity index (χ3n) is 15.5. The number of benzene rings is 3. The molecule has 16 nitrogen and oxygen atoms in total. The van der Waals surface area contributed by atoms with Gasteiger partial charge in [0.2, 0.25) is 5.91 Å². The van der Waals surface area contributed by atoms with Gasteiger partial charge in [-0.3, -0.25) is 9.69 Å². The molecule has 5 aliphatic rings. The van der Waals surface area contributed by atoms with Gasteiger partial charge in [-0.05, 0) is 116 Å². The Bertz CT molecular complexity index is 2620. The summed E-state index contributed by atoms with van der Waals surface area (Å²) in [6.45, 7) is 7.61. The number of methoxy groups -OCH3 is 2. The van der Waals surface area contributed by atoms with Crippen LogP contribution in [0.4, 0.5) is 9.59 Å². The van der Waals surface area contributed by atoms with Crippen molar-refractivity contribution in [3.8, 4) is 28.1 Å². The van der Waals surface area contributed by atoms with E-state index in [0.29, 0.717) is 25.7 Å². The van der Waals surface area contributed by atoms with E-state index in [9.17, 15) is 19.5 Å². The molecule has 4 fully saturated rings. The fraction of sp³-hybridized carbons (Fsp3) is 0.540. The molecule has 4 aliphatic heterocycles. The molecule has 1 saturated carbocycles. The molecule has 9 atom stereocenters. The standard InChI is InChI=1S/C50H62N8O8/c1-6-26(2)42(55-49(61)63-4)47(59)57-27(3)10-15-39(57)45-51-24-37(53-45)30-11-13-33-32(20-30)25-66-41-23-34-29(21-35(33)41)12-14-36-44(34)54-46(52-36)40-22-31-8-7-9-38(31)58(40)48(60)43(56-50(62)64-5)28-16-18-65-19-17-28/h11-14,20-21,23-24,26-28,31,38-40,42-43,48,60H,6-10,15-19,22,25H2,1-5H3,(H,51,53)(H,52,54)(H,55,61)(H,56,62)/t26-,27-,31-,38-,39-,40-,42-,43-,48?/m0/s1. The average molecular weight is 903 g/mol. The lowest BCUT2D eigenvalue weighted by Gasteiger charge is -2.41. The maximum atomic E-state index is 14.1. The highest BCUT2D eigenvalue weighted by Crippen LogP contribution is 2.50. The Labute approximate surface area is 384 Å². The van der Waals surface area contributed by atoms with E-state index in [-0.39, 0.29) is 41.9 Å². The molecule has 0 spiro atoms.